The summed E-state index contributed by atoms with van der Waals surface area (Å²) in [6.45, 7) is 10.8. The highest BCUT2D eigenvalue weighted by molar-refractivity contribution is 7.97. The zero-order valence-corrected chi connectivity index (χ0v) is 24.1. The summed E-state index contributed by atoms with van der Waals surface area (Å²) in [5.41, 5.74) is 6.67. The van der Waals surface area contributed by atoms with Crippen LogP contribution in [0.15, 0.2) is 76.3 Å². The van der Waals surface area contributed by atoms with Crippen molar-refractivity contribution in [3.05, 3.63) is 82.8 Å². The molecule has 0 radical (unpaired) electrons. The molecule has 2 aromatic rings. The van der Waals surface area contributed by atoms with Crippen LogP contribution < -0.4 is 10.6 Å². The Hall–Kier alpha value is -2.12. The summed E-state index contributed by atoms with van der Waals surface area (Å²) in [6, 6.07) is 15.8. The summed E-state index contributed by atoms with van der Waals surface area (Å²) in [4.78, 5) is 3.61. The number of piperidine rings is 1. The zero-order chi connectivity index (χ0) is 26.6. The smallest absolute Gasteiger partial charge is 0.123 e. The van der Waals surface area contributed by atoms with Crippen molar-refractivity contribution >= 4 is 17.6 Å². The Morgan fingerprint density at radius 3 is 2.38 bits per heavy atom. The molecule has 2 aromatic carbocycles. The third kappa shape index (κ3) is 7.05. The van der Waals surface area contributed by atoms with Crippen molar-refractivity contribution in [3.8, 4) is 0 Å². The molecule has 0 amide bonds. The number of benzene rings is 2. The standard InChI is InChI=1S/C31H43FN4S/c1-30(2,3)24-7-13-28(14-8-24)37-36-17-15-25-19-29(34-27-11-9-26(32)10-12-27)23(21-33-4)20-31(25,22-36)16-18-35(5)6/h7-14,19,33-34H,15-18,20-22H2,1-6H3. The SMILES string of the molecule is CNCC1=C(Nc2ccc(F)cc2)C=C2CCN(Sc3ccc(C(C)(C)C)cc3)CC2(CCN(C)C)C1. The molecular weight excluding hydrogens is 479 g/mol. The Bertz CT molecular complexity index is 1120. The monoisotopic (exact) mass is 522 g/mol. The number of hydrogen-bond acceptors (Lipinski definition) is 5. The highest BCUT2D eigenvalue weighted by atomic mass is 32.2. The average Bonchev–Trinajstić information content (AvgIpc) is 2.85. The fourth-order valence-electron chi connectivity index (χ4n) is 5.40. The van der Waals surface area contributed by atoms with Crippen LogP contribution in [0.5, 0.6) is 0 Å². The first-order valence-corrected chi connectivity index (χ1v) is 14.1. The normalized spacial score (nSPS) is 20.7. The van der Waals surface area contributed by atoms with Gasteiger partial charge in [0.05, 0.1) is 0 Å². The van der Waals surface area contributed by atoms with Gasteiger partial charge < -0.3 is 15.5 Å². The first-order valence-electron chi connectivity index (χ1n) is 13.4. The maximum Gasteiger partial charge on any atom is 0.123 e. The molecular formula is C31H43FN4S. The topological polar surface area (TPSA) is 30.5 Å². The van der Waals surface area contributed by atoms with E-state index in [4.69, 9.17) is 0 Å². The summed E-state index contributed by atoms with van der Waals surface area (Å²) < 4.78 is 16.1. The molecule has 200 valence electrons. The van der Waals surface area contributed by atoms with E-state index in [0.717, 1.165) is 56.8 Å². The number of fused-ring (bicyclic) bond motifs is 1. The molecule has 0 spiro atoms. The van der Waals surface area contributed by atoms with Crippen molar-refractivity contribution < 1.29 is 4.39 Å². The van der Waals surface area contributed by atoms with E-state index < -0.39 is 0 Å². The summed E-state index contributed by atoms with van der Waals surface area (Å²) in [7, 11) is 6.35. The lowest BCUT2D eigenvalue weighted by Gasteiger charge is -2.48. The molecule has 4 rings (SSSR count). The first kappa shape index (κ1) is 27.9. The predicted molar refractivity (Wildman–Crippen MR) is 156 cm³/mol. The van der Waals surface area contributed by atoms with Crippen LogP contribution in [-0.2, 0) is 5.41 Å². The van der Waals surface area contributed by atoms with Crippen molar-refractivity contribution in [1.82, 2.24) is 14.5 Å². The Kier molecular flexibility index (Phi) is 8.85. The molecule has 2 N–H and O–H groups in total. The Morgan fingerprint density at radius 2 is 1.76 bits per heavy atom. The van der Waals surface area contributed by atoms with E-state index in [9.17, 15) is 4.39 Å². The molecule has 0 saturated carbocycles. The van der Waals surface area contributed by atoms with E-state index in [1.165, 1.54) is 28.2 Å². The lowest BCUT2D eigenvalue weighted by atomic mass is 9.66. The molecule has 1 aliphatic carbocycles. The first-order chi connectivity index (χ1) is 17.6. The maximum absolute atomic E-state index is 13.5. The highest BCUT2D eigenvalue weighted by Gasteiger charge is 2.42. The molecule has 0 aromatic heterocycles. The number of allylic oxidation sites excluding steroid dienone is 1. The number of hydrogen-bond donors (Lipinski definition) is 2. The Balaban J connectivity index is 1.57. The molecule has 1 unspecified atom stereocenters. The minimum Gasteiger partial charge on any atom is -0.356 e. The van der Waals surface area contributed by atoms with Crippen LogP contribution in [0, 0.1) is 11.2 Å². The molecule has 4 nitrogen and oxygen atoms in total. The summed E-state index contributed by atoms with van der Waals surface area (Å²) in [6.07, 6.45) is 5.61. The van der Waals surface area contributed by atoms with E-state index in [-0.39, 0.29) is 16.6 Å². The molecule has 6 heteroatoms. The van der Waals surface area contributed by atoms with E-state index in [0.29, 0.717) is 0 Å². The second-order valence-electron chi connectivity index (χ2n) is 11.8. The predicted octanol–water partition coefficient (Wildman–Crippen LogP) is 6.69. The lowest BCUT2D eigenvalue weighted by Crippen LogP contribution is -2.45. The van der Waals surface area contributed by atoms with Crippen molar-refractivity contribution in [2.45, 2.75) is 50.3 Å². The molecule has 0 bridgehead atoms. The van der Waals surface area contributed by atoms with Gasteiger partial charge in [0.25, 0.3) is 0 Å². The van der Waals surface area contributed by atoms with Gasteiger partial charge in [0.1, 0.15) is 5.82 Å². The third-order valence-electron chi connectivity index (χ3n) is 7.55. The van der Waals surface area contributed by atoms with E-state index in [1.807, 2.05) is 31.1 Å². The van der Waals surface area contributed by atoms with Crippen molar-refractivity contribution in [3.63, 3.8) is 0 Å². The van der Waals surface area contributed by atoms with Gasteiger partial charge >= 0.3 is 0 Å². The van der Waals surface area contributed by atoms with E-state index in [2.05, 4.69) is 85.0 Å². The van der Waals surface area contributed by atoms with Gasteiger partial charge in [-0.2, -0.15) is 0 Å². The summed E-state index contributed by atoms with van der Waals surface area (Å²) in [5, 5.41) is 6.99. The van der Waals surface area contributed by atoms with Gasteiger partial charge in [0.15, 0.2) is 0 Å². The van der Waals surface area contributed by atoms with Crippen LogP contribution in [0.3, 0.4) is 0 Å². The highest BCUT2D eigenvalue weighted by Crippen LogP contribution is 2.49. The second-order valence-corrected chi connectivity index (χ2v) is 13.0. The molecule has 1 fully saturated rings. The van der Waals surface area contributed by atoms with Gasteiger partial charge in [-0.1, -0.05) is 38.5 Å². The van der Waals surface area contributed by atoms with Crippen LogP contribution in [0.4, 0.5) is 10.1 Å². The fraction of sp³-hybridized carbons (Fsp3) is 0.484. The lowest BCUT2D eigenvalue weighted by molar-refractivity contribution is 0.185. The number of nitrogens with one attached hydrogen (secondary N) is 2. The van der Waals surface area contributed by atoms with E-state index in [1.54, 1.807) is 5.57 Å². The molecule has 37 heavy (non-hydrogen) atoms. The van der Waals surface area contributed by atoms with Crippen molar-refractivity contribution in [1.29, 1.82) is 0 Å². The van der Waals surface area contributed by atoms with Gasteiger partial charge in [-0.05, 0) is 118 Å². The van der Waals surface area contributed by atoms with Gasteiger partial charge in [-0.3, -0.25) is 0 Å². The molecule has 2 aliphatic rings. The van der Waals surface area contributed by atoms with Crippen LogP contribution in [0.2, 0.25) is 0 Å². The van der Waals surface area contributed by atoms with Crippen LogP contribution >= 0.6 is 11.9 Å². The second kappa shape index (κ2) is 11.7. The fourth-order valence-corrected chi connectivity index (χ4v) is 6.45. The average molecular weight is 523 g/mol. The number of halogens is 1. The van der Waals surface area contributed by atoms with E-state index >= 15 is 0 Å². The van der Waals surface area contributed by atoms with Gasteiger partial charge in [-0.15, -0.1) is 0 Å². The molecule has 1 atom stereocenters. The quantitative estimate of drug-likeness (QED) is 0.358. The van der Waals surface area contributed by atoms with Gasteiger partial charge in [0.2, 0.25) is 0 Å². The van der Waals surface area contributed by atoms with Crippen LogP contribution in [0.1, 0.15) is 45.6 Å². The van der Waals surface area contributed by atoms with Gasteiger partial charge in [-0.25, -0.2) is 8.70 Å². The largest absolute Gasteiger partial charge is 0.356 e. The third-order valence-corrected chi connectivity index (χ3v) is 8.60. The zero-order valence-electron chi connectivity index (χ0n) is 23.3. The molecule has 1 heterocycles. The molecule has 1 saturated heterocycles. The minimum absolute atomic E-state index is 0.112. The van der Waals surface area contributed by atoms with Crippen LogP contribution in [-0.4, -0.2) is 56.5 Å². The number of rotatable bonds is 9. The van der Waals surface area contributed by atoms with Crippen molar-refractivity contribution in [2.24, 2.45) is 5.41 Å². The van der Waals surface area contributed by atoms with Crippen molar-refractivity contribution in [2.75, 3.05) is 52.6 Å². The Morgan fingerprint density at radius 1 is 1.05 bits per heavy atom. The molecule has 1 aliphatic heterocycles. The number of nitrogens with zero attached hydrogens (tertiary/aromatic N) is 2. The summed E-state index contributed by atoms with van der Waals surface area (Å²) in [5.74, 6) is -0.211. The maximum atomic E-state index is 13.5. The van der Waals surface area contributed by atoms with Crippen LogP contribution in [0.25, 0.3) is 0 Å². The van der Waals surface area contributed by atoms with Gasteiger partial charge in [0, 0.05) is 41.3 Å². The summed E-state index contributed by atoms with van der Waals surface area (Å²) >= 11 is 1.90. The number of anilines is 1. The minimum atomic E-state index is -0.211. The Labute approximate surface area is 227 Å². The number of likely N-dealkylation sites (N-methyl/N-ethyl adjacent to an activating group) is 1.